The molecule has 0 aliphatic rings. The van der Waals surface area contributed by atoms with Crippen LogP contribution in [0.25, 0.3) is 0 Å². The molecule has 0 spiro atoms. The molecule has 1 amide bonds. The molecule has 1 N–H and O–H groups in total. The topological polar surface area (TPSA) is 55.4 Å². The predicted molar refractivity (Wildman–Crippen MR) is 69.0 cm³/mol. The zero-order valence-corrected chi connectivity index (χ0v) is 10.8. The molecular formula is C14H19NO3. The predicted octanol–water partition coefficient (Wildman–Crippen LogP) is 1.54. The van der Waals surface area contributed by atoms with Gasteiger partial charge in [0.05, 0.1) is 6.42 Å². The molecular weight excluding hydrogens is 230 g/mol. The van der Waals surface area contributed by atoms with Crippen LogP contribution in [0.15, 0.2) is 30.3 Å². The molecule has 1 aromatic carbocycles. The summed E-state index contributed by atoms with van der Waals surface area (Å²) in [5.41, 5.74) is 0.880. The van der Waals surface area contributed by atoms with Crippen LogP contribution in [-0.4, -0.2) is 25.0 Å². The molecule has 4 heteroatoms. The average Bonchev–Trinajstić information content (AvgIpc) is 2.35. The van der Waals surface area contributed by atoms with E-state index in [1.54, 1.807) is 0 Å². The Balaban J connectivity index is 2.23. The highest BCUT2D eigenvalue weighted by Gasteiger charge is 2.08. The third-order valence-electron chi connectivity index (χ3n) is 2.26. The van der Waals surface area contributed by atoms with E-state index in [-0.39, 0.29) is 24.9 Å². The van der Waals surface area contributed by atoms with Gasteiger partial charge in [-0.1, -0.05) is 44.2 Å². The van der Waals surface area contributed by atoms with E-state index < -0.39 is 0 Å². The highest BCUT2D eigenvalue weighted by molar-refractivity contribution is 5.81. The maximum atomic E-state index is 11.5. The Morgan fingerprint density at radius 2 is 1.89 bits per heavy atom. The fourth-order valence-electron chi connectivity index (χ4n) is 1.33. The van der Waals surface area contributed by atoms with Crippen molar-refractivity contribution < 1.29 is 14.3 Å². The van der Waals surface area contributed by atoms with Crippen molar-refractivity contribution in [2.45, 2.75) is 20.3 Å². The summed E-state index contributed by atoms with van der Waals surface area (Å²) in [5.74, 6) is -0.264. The maximum Gasteiger partial charge on any atom is 0.310 e. The summed E-state index contributed by atoms with van der Waals surface area (Å²) in [4.78, 5) is 22.8. The molecule has 0 radical (unpaired) electrons. The van der Waals surface area contributed by atoms with Gasteiger partial charge in [0.15, 0.2) is 6.61 Å². The minimum Gasteiger partial charge on any atom is -0.455 e. The molecule has 0 unspecified atom stereocenters. The number of carbonyl (C=O) groups excluding carboxylic acids is 2. The number of rotatable bonds is 6. The Labute approximate surface area is 107 Å². The number of hydrogen-bond donors (Lipinski definition) is 1. The van der Waals surface area contributed by atoms with Gasteiger partial charge in [0.1, 0.15) is 0 Å². The van der Waals surface area contributed by atoms with E-state index in [0.29, 0.717) is 12.5 Å². The lowest BCUT2D eigenvalue weighted by atomic mass is 10.2. The van der Waals surface area contributed by atoms with Crippen LogP contribution in [0.4, 0.5) is 0 Å². The highest BCUT2D eigenvalue weighted by Crippen LogP contribution is 2.00. The van der Waals surface area contributed by atoms with E-state index in [9.17, 15) is 9.59 Å². The van der Waals surface area contributed by atoms with E-state index in [4.69, 9.17) is 4.74 Å². The molecule has 98 valence electrons. The first-order valence-corrected chi connectivity index (χ1v) is 6.04. The van der Waals surface area contributed by atoms with E-state index in [2.05, 4.69) is 5.32 Å². The monoisotopic (exact) mass is 249 g/mol. The van der Waals surface area contributed by atoms with Crippen molar-refractivity contribution >= 4 is 11.9 Å². The molecule has 0 fully saturated rings. The Morgan fingerprint density at radius 1 is 1.22 bits per heavy atom. The molecule has 4 nitrogen and oxygen atoms in total. The third-order valence-corrected chi connectivity index (χ3v) is 2.26. The minimum absolute atomic E-state index is 0.193. The van der Waals surface area contributed by atoms with Crippen molar-refractivity contribution in [2.75, 3.05) is 13.2 Å². The number of nitrogens with one attached hydrogen (secondary N) is 1. The Hall–Kier alpha value is -1.84. The van der Waals surface area contributed by atoms with Crippen LogP contribution in [-0.2, 0) is 20.7 Å². The van der Waals surface area contributed by atoms with Gasteiger partial charge in [-0.3, -0.25) is 9.59 Å². The second-order valence-corrected chi connectivity index (χ2v) is 4.52. The van der Waals surface area contributed by atoms with Crippen molar-refractivity contribution in [3.8, 4) is 0 Å². The zero-order chi connectivity index (χ0) is 13.4. The molecule has 1 rings (SSSR count). The average molecular weight is 249 g/mol. The number of carbonyl (C=O) groups is 2. The van der Waals surface area contributed by atoms with Crippen LogP contribution in [0.5, 0.6) is 0 Å². The van der Waals surface area contributed by atoms with Gasteiger partial charge in [-0.2, -0.15) is 0 Å². The molecule has 1 aromatic rings. The van der Waals surface area contributed by atoms with Gasteiger partial charge in [-0.05, 0) is 11.5 Å². The molecule has 0 saturated carbocycles. The maximum absolute atomic E-state index is 11.5. The zero-order valence-electron chi connectivity index (χ0n) is 10.8. The highest BCUT2D eigenvalue weighted by atomic mass is 16.5. The molecule has 0 saturated heterocycles. The molecule has 0 aliphatic carbocycles. The fraction of sp³-hybridized carbons (Fsp3) is 0.429. The van der Waals surface area contributed by atoms with Crippen molar-refractivity contribution in [1.82, 2.24) is 5.32 Å². The second kappa shape index (κ2) is 7.48. The molecule has 0 bridgehead atoms. The summed E-state index contributed by atoms with van der Waals surface area (Å²) in [5, 5.41) is 2.69. The van der Waals surface area contributed by atoms with Gasteiger partial charge in [-0.15, -0.1) is 0 Å². The molecule has 0 aromatic heterocycles. The normalized spacial score (nSPS) is 10.2. The van der Waals surface area contributed by atoms with Crippen molar-refractivity contribution in [2.24, 2.45) is 5.92 Å². The van der Waals surface area contributed by atoms with E-state index >= 15 is 0 Å². The SMILES string of the molecule is CC(C)CNC(=O)COC(=O)Cc1ccccc1. The summed E-state index contributed by atoms with van der Waals surface area (Å²) < 4.78 is 4.89. The second-order valence-electron chi connectivity index (χ2n) is 4.52. The molecule has 0 atom stereocenters. The minimum atomic E-state index is -0.388. The lowest BCUT2D eigenvalue weighted by molar-refractivity contribution is -0.147. The molecule has 0 aliphatic heterocycles. The lowest BCUT2D eigenvalue weighted by Gasteiger charge is -2.08. The van der Waals surface area contributed by atoms with Crippen molar-refractivity contribution in [1.29, 1.82) is 0 Å². The van der Waals surface area contributed by atoms with E-state index in [0.717, 1.165) is 5.56 Å². The molecule has 0 heterocycles. The van der Waals surface area contributed by atoms with Crippen LogP contribution in [0.3, 0.4) is 0 Å². The Bertz CT molecular complexity index is 387. The van der Waals surface area contributed by atoms with Crippen molar-refractivity contribution in [3.63, 3.8) is 0 Å². The van der Waals surface area contributed by atoms with Gasteiger partial charge >= 0.3 is 5.97 Å². The quantitative estimate of drug-likeness (QED) is 0.778. The Morgan fingerprint density at radius 3 is 2.50 bits per heavy atom. The number of ether oxygens (including phenoxy) is 1. The summed E-state index contributed by atoms with van der Waals surface area (Å²) >= 11 is 0. The number of benzene rings is 1. The van der Waals surface area contributed by atoms with Gasteiger partial charge in [0.25, 0.3) is 5.91 Å². The molecule has 18 heavy (non-hydrogen) atoms. The standard InChI is InChI=1S/C14H19NO3/c1-11(2)9-15-13(16)10-18-14(17)8-12-6-4-3-5-7-12/h3-7,11H,8-10H2,1-2H3,(H,15,16). The lowest BCUT2D eigenvalue weighted by Crippen LogP contribution is -2.31. The first-order valence-electron chi connectivity index (χ1n) is 6.04. The van der Waals surface area contributed by atoms with Crippen molar-refractivity contribution in [3.05, 3.63) is 35.9 Å². The van der Waals surface area contributed by atoms with Gasteiger partial charge in [0, 0.05) is 6.54 Å². The van der Waals surface area contributed by atoms with E-state index in [1.807, 2.05) is 44.2 Å². The van der Waals surface area contributed by atoms with Gasteiger partial charge < -0.3 is 10.1 Å². The van der Waals surface area contributed by atoms with Crippen LogP contribution < -0.4 is 5.32 Å². The number of amides is 1. The largest absolute Gasteiger partial charge is 0.455 e. The van der Waals surface area contributed by atoms with Crippen LogP contribution in [0, 0.1) is 5.92 Å². The first-order chi connectivity index (χ1) is 8.58. The fourth-order valence-corrected chi connectivity index (χ4v) is 1.33. The smallest absolute Gasteiger partial charge is 0.310 e. The third kappa shape index (κ3) is 6.03. The van der Waals surface area contributed by atoms with Crippen LogP contribution >= 0.6 is 0 Å². The summed E-state index contributed by atoms with van der Waals surface area (Å²) in [6.45, 7) is 4.39. The number of esters is 1. The summed E-state index contributed by atoms with van der Waals surface area (Å²) in [6.07, 6.45) is 0.193. The van der Waals surface area contributed by atoms with Crippen LogP contribution in [0.2, 0.25) is 0 Å². The first kappa shape index (κ1) is 14.2. The number of hydrogen-bond acceptors (Lipinski definition) is 3. The summed E-state index contributed by atoms with van der Waals surface area (Å²) in [7, 11) is 0. The summed E-state index contributed by atoms with van der Waals surface area (Å²) in [6, 6.07) is 9.30. The van der Waals surface area contributed by atoms with Crippen LogP contribution in [0.1, 0.15) is 19.4 Å². The Kier molecular flexibility index (Phi) is 5.91. The van der Waals surface area contributed by atoms with Gasteiger partial charge in [-0.25, -0.2) is 0 Å². The van der Waals surface area contributed by atoms with Gasteiger partial charge in [0.2, 0.25) is 0 Å². The van der Waals surface area contributed by atoms with E-state index in [1.165, 1.54) is 0 Å².